The van der Waals surface area contributed by atoms with Gasteiger partial charge in [-0.1, -0.05) is 11.6 Å². The molecule has 1 unspecified atom stereocenters. The summed E-state index contributed by atoms with van der Waals surface area (Å²) < 4.78 is 49.0. The van der Waals surface area contributed by atoms with Crippen molar-refractivity contribution in [1.29, 1.82) is 0 Å². The summed E-state index contributed by atoms with van der Waals surface area (Å²) in [5.41, 5.74) is -0.0732. The third-order valence-electron chi connectivity index (χ3n) is 2.59. The predicted molar refractivity (Wildman–Crippen MR) is 60.3 cm³/mol. The average Bonchev–Trinajstić information content (AvgIpc) is 2.29. The summed E-state index contributed by atoms with van der Waals surface area (Å²) in [6.45, 7) is 0.668. The van der Waals surface area contributed by atoms with Crippen molar-refractivity contribution in [2.24, 2.45) is 0 Å². The van der Waals surface area contributed by atoms with Crippen LogP contribution < -0.4 is 14.8 Å². The van der Waals surface area contributed by atoms with Gasteiger partial charge >= 0.3 is 6.18 Å². The van der Waals surface area contributed by atoms with Gasteiger partial charge in [-0.25, -0.2) is 0 Å². The van der Waals surface area contributed by atoms with Crippen molar-refractivity contribution in [3.63, 3.8) is 0 Å². The van der Waals surface area contributed by atoms with Gasteiger partial charge in [0.15, 0.2) is 11.5 Å². The molecule has 0 spiro atoms. The van der Waals surface area contributed by atoms with Crippen LogP contribution in [0.15, 0.2) is 12.1 Å². The van der Waals surface area contributed by atoms with Gasteiger partial charge in [0.1, 0.15) is 19.3 Å². The fourth-order valence-electron chi connectivity index (χ4n) is 1.80. The zero-order valence-corrected chi connectivity index (χ0v) is 10.2. The Morgan fingerprint density at radius 2 is 1.78 bits per heavy atom. The molecule has 0 aromatic heterocycles. The number of hydrogen-bond donors (Lipinski definition) is 1. The molecule has 0 fully saturated rings. The minimum absolute atomic E-state index is 0.00377. The van der Waals surface area contributed by atoms with Crippen LogP contribution in [0.25, 0.3) is 0 Å². The van der Waals surface area contributed by atoms with Crippen LogP contribution in [0.2, 0.25) is 5.02 Å². The van der Waals surface area contributed by atoms with Crippen LogP contribution in [0.4, 0.5) is 13.2 Å². The number of hydrogen-bond acceptors (Lipinski definition) is 3. The van der Waals surface area contributed by atoms with E-state index in [0.29, 0.717) is 19.0 Å². The molecule has 0 amide bonds. The molecule has 0 bridgehead atoms. The minimum atomic E-state index is -4.43. The van der Waals surface area contributed by atoms with Crippen LogP contribution in [0.5, 0.6) is 11.5 Å². The number of benzene rings is 1. The first kappa shape index (κ1) is 13.3. The minimum Gasteiger partial charge on any atom is -0.486 e. The first-order valence-electron chi connectivity index (χ1n) is 5.26. The molecule has 7 heteroatoms. The lowest BCUT2D eigenvalue weighted by Gasteiger charge is -2.24. The lowest BCUT2D eigenvalue weighted by atomic mass is 10.1. The number of ether oxygens (including phenoxy) is 2. The van der Waals surface area contributed by atoms with E-state index < -0.39 is 12.2 Å². The van der Waals surface area contributed by atoms with E-state index in [9.17, 15) is 13.2 Å². The van der Waals surface area contributed by atoms with Crippen molar-refractivity contribution in [3.05, 3.63) is 22.7 Å². The van der Waals surface area contributed by atoms with Gasteiger partial charge in [0.05, 0.1) is 0 Å². The lowest BCUT2D eigenvalue weighted by Crippen LogP contribution is -2.32. The fourth-order valence-corrected chi connectivity index (χ4v) is 2.06. The Kier molecular flexibility index (Phi) is 3.59. The molecule has 3 nitrogen and oxygen atoms in total. The third-order valence-corrected chi connectivity index (χ3v) is 2.92. The molecule has 0 aliphatic carbocycles. The average molecular weight is 282 g/mol. The second-order valence-electron chi connectivity index (χ2n) is 3.78. The second-order valence-corrected chi connectivity index (χ2v) is 4.19. The van der Waals surface area contributed by atoms with Crippen molar-refractivity contribution in [3.8, 4) is 11.5 Å². The van der Waals surface area contributed by atoms with Crippen molar-refractivity contribution >= 4 is 11.6 Å². The smallest absolute Gasteiger partial charge is 0.407 e. The van der Waals surface area contributed by atoms with Crippen LogP contribution in [0.3, 0.4) is 0 Å². The van der Waals surface area contributed by atoms with Gasteiger partial charge in [-0.05, 0) is 13.1 Å². The number of nitrogens with one attached hydrogen (secondary N) is 1. The van der Waals surface area contributed by atoms with Crippen molar-refractivity contribution in [1.82, 2.24) is 5.32 Å². The highest BCUT2D eigenvalue weighted by Crippen LogP contribution is 2.42. The molecular weight excluding hydrogens is 271 g/mol. The molecule has 1 heterocycles. The summed E-state index contributed by atoms with van der Waals surface area (Å²) in [5.74, 6) is 0.650. The largest absolute Gasteiger partial charge is 0.486 e. The summed E-state index contributed by atoms with van der Waals surface area (Å²) in [6.07, 6.45) is -4.43. The molecule has 18 heavy (non-hydrogen) atoms. The third kappa shape index (κ3) is 2.49. The van der Waals surface area contributed by atoms with E-state index in [4.69, 9.17) is 21.1 Å². The highest BCUT2D eigenvalue weighted by atomic mass is 35.5. The zero-order valence-electron chi connectivity index (χ0n) is 9.47. The number of fused-ring (bicyclic) bond motifs is 1. The van der Waals surface area contributed by atoms with E-state index in [1.807, 2.05) is 0 Å². The molecule has 0 saturated carbocycles. The number of rotatable bonds is 2. The maximum atomic E-state index is 12.8. The van der Waals surface area contributed by atoms with Crippen LogP contribution in [-0.4, -0.2) is 26.4 Å². The first-order chi connectivity index (χ1) is 8.43. The van der Waals surface area contributed by atoms with E-state index >= 15 is 0 Å². The van der Waals surface area contributed by atoms with Crippen LogP contribution in [0.1, 0.15) is 11.6 Å². The van der Waals surface area contributed by atoms with Gasteiger partial charge in [0, 0.05) is 16.7 Å². The molecule has 1 aliphatic heterocycles. The van der Waals surface area contributed by atoms with E-state index in [2.05, 4.69) is 5.32 Å². The van der Waals surface area contributed by atoms with E-state index in [1.165, 1.54) is 19.2 Å². The monoisotopic (exact) mass is 281 g/mol. The number of halogens is 4. The maximum Gasteiger partial charge on any atom is 0.407 e. The van der Waals surface area contributed by atoms with E-state index in [-0.39, 0.29) is 16.3 Å². The summed E-state index contributed by atoms with van der Waals surface area (Å²) >= 11 is 5.87. The summed E-state index contributed by atoms with van der Waals surface area (Å²) in [5, 5.41) is 2.20. The molecule has 1 atom stereocenters. The van der Waals surface area contributed by atoms with Crippen molar-refractivity contribution in [2.75, 3.05) is 20.3 Å². The molecular formula is C11H11ClF3NO2. The molecule has 100 valence electrons. The molecule has 1 aromatic carbocycles. The van der Waals surface area contributed by atoms with Gasteiger partial charge in [0.25, 0.3) is 0 Å². The molecule has 0 saturated heterocycles. The van der Waals surface area contributed by atoms with Crippen LogP contribution >= 0.6 is 11.6 Å². The summed E-state index contributed by atoms with van der Waals surface area (Å²) in [4.78, 5) is 0. The molecule has 1 aromatic rings. The Hall–Kier alpha value is -1.14. The fraction of sp³-hybridized carbons (Fsp3) is 0.455. The van der Waals surface area contributed by atoms with Crippen LogP contribution in [0, 0.1) is 0 Å². The topological polar surface area (TPSA) is 30.5 Å². The maximum absolute atomic E-state index is 12.8. The summed E-state index contributed by atoms with van der Waals surface area (Å²) in [6, 6.07) is 0.785. The van der Waals surface area contributed by atoms with Gasteiger partial charge < -0.3 is 14.8 Å². The van der Waals surface area contributed by atoms with Crippen molar-refractivity contribution < 1.29 is 22.6 Å². The van der Waals surface area contributed by atoms with Gasteiger partial charge in [-0.3, -0.25) is 0 Å². The standard InChI is InChI=1S/C11H11ClF3NO2/c1-16-10(11(13,14)15)6-4-8-9(5-7(6)12)18-3-2-17-8/h4-5,10,16H,2-3H2,1H3. The Labute approximate surface area is 107 Å². The van der Waals surface area contributed by atoms with Gasteiger partial charge in [-0.2, -0.15) is 13.2 Å². The highest BCUT2D eigenvalue weighted by Gasteiger charge is 2.41. The Bertz CT molecular complexity index is 451. The summed E-state index contributed by atoms with van der Waals surface area (Å²) in [7, 11) is 1.23. The van der Waals surface area contributed by atoms with Crippen LogP contribution in [-0.2, 0) is 0 Å². The Morgan fingerprint density at radius 3 is 2.28 bits per heavy atom. The Balaban J connectivity index is 2.44. The van der Waals surface area contributed by atoms with Gasteiger partial charge in [-0.15, -0.1) is 0 Å². The molecule has 1 aliphatic rings. The number of alkyl halides is 3. The highest BCUT2D eigenvalue weighted by molar-refractivity contribution is 6.31. The lowest BCUT2D eigenvalue weighted by molar-refractivity contribution is -0.156. The molecule has 0 radical (unpaired) electrons. The molecule has 2 rings (SSSR count). The second kappa shape index (κ2) is 4.85. The van der Waals surface area contributed by atoms with Crippen molar-refractivity contribution in [2.45, 2.75) is 12.2 Å². The molecule has 1 N–H and O–H groups in total. The quantitative estimate of drug-likeness (QED) is 0.904. The first-order valence-corrected chi connectivity index (χ1v) is 5.64. The zero-order chi connectivity index (χ0) is 13.3. The van der Waals surface area contributed by atoms with Gasteiger partial charge in [0.2, 0.25) is 0 Å². The normalized spacial score (nSPS) is 16.5. The van der Waals surface area contributed by atoms with E-state index in [1.54, 1.807) is 0 Å². The van der Waals surface area contributed by atoms with E-state index in [0.717, 1.165) is 0 Å². The predicted octanol–water partition coefficient (Wildman–Crippen LogP) is 2.93. The SMILES string of the molecule is CNC(c1cc2c(cc1Cl)OCCO2)C(F)(F)F. The Morgan fingerprint density at radius 1 is 1.22 bits per heavy atom.